The normalized spacial score (nSPS) is 14.4. The molecule has 1 aliphatic rings. The maximum absolute atomic E-state index is 12.4. The number of carbonyl (C=O) groups excluding carboxylic acids is 2. The highest BCUT2D eigenvalue weighted by Gasteiger charge is 2.21. The van der Waals surface area contributed by atoms with Gasteiger partial charge in [0.15, 0.2) is 0 Å². The van der Waals surface area contributed by atoms with E-state index >= 15 is 0 Å². The molecule has 2 aromatic rings. The van der Waals surface area contributed by atoms with Gasteiger partial charge in [-0.05, 0) is 24.1 Å². The monoisotopic (exact) mass is 396 g/mol. The SMILES string of the molecule is CC(C)C(=O)Nc1ccc(N2CCCN(C(=O)OCc3ccccc3)CC2)nc1. The van der Waals surface area contributed by atoms with Crippen LogP contribution < -0.4 is 10.2 Å². The van der Waals surface area contributed by atoms with E-state index < -0.39 is 0 Å². The highest BCUT2D eigenvalue weighted by molar-refractivity contribution is 5.91. The standard InChI is InChI=1S/C22H28N4O3/c1-17(2)21(27)24-19-9-10-20(23-15-19)25-11-6-12-26(14-13-25)22(28)29-16-18-7-4-3-5-8-18/h3-5,7-10,15,17H,6,11-14,16H2,1-2H3,(H,24,27). The number of aromatic nitrogens is 1. The van der Waals surface area contributed by atoms with Gasteiger partial charge in [0.1, 0.15) is 12.4 Å². The van der Waals surface area contributed by atoms with Crippen LogP contribution in [0.5, 0.6) is 0 Å². The Bertz CT molecular complexity index is 809. The van der Waals surface area contributed by atoms with Crippen molar-refractivity contribution < 1.29 is 14.3 Å². The van der Waals surface area contributed by atoms with E-state index in [4.69, 9.17) is 4.74 Å². The first-order valence-corrected chi connectivity index (χ1v) is 10.0. The molecule has 0 spiro atoms. The van der Waals surface area contributed by atoms with Crippen molar-refractivity contribution in [2.24, 2.45) is 5.92 Å². The molecule has 1 saturated heterocycles. The fourth-order valence-electron chi connectivity index (χ4n) is 3.07. The van der Waals surface area contributed by atoms with Crippen molar-refractivity contribution in [1.29, 1.82) is 0 Å². The maximum Gasteiger partial charge on any atom is 0.410 e. The van der Waals surface area contributed by atoms with Gasteiger partial charge >= 0.3 is 6.09 Å². The molecule has 7 nitrogen and oxygen atoms in total. The summed E-state index contributed by atoms with van der Waals surface area (Å²) in [6.07, 6.45) is 2.23. The quantitative estimate of drug-likeness (QED) is 0.837. The first-order chi connectivity index (χ1) is 14.0. The molecule has 1 aliphatic heterocycles. The molecular formula is C22H28N4O3. The van der Waals surface area contributed by atoms with E-state index in [1.54, 1.807) is 11.1 Å². The Morgan fingerprint density at radius 3 is 2.55 bits per heavy atom. The van der Waals surface area contributed by atoms with Crippen LogP contribution >= 0.6 is 0 Å². The summed E-state index contributed by atoms with van der Waals surface area (Å²) in [5.41, 5.74) is 1.67. The number of pyridine rings is 1. The number of rotatable bonds is 5. The zero-order valence-electron chi connectivity index (χ0n) is 17.0. The largest absolute Gasteiger partial charge is 0.445 e. The number of benzene rings is 1. The highest BCUT2D eigenvalue weighted by Crippen LogP contribution is 2.17. The van der Waals surface area contributed by atoms with Crippen LogP contribution in [0, 0.1) is 5.92 Å². The summed E-state index contributed by atoms with van der Waals surface area (Å²) in [7, 11) is 0. The van der Waals surface area contributed by atoms with Crippen molar-refractivity contribution in [2.45, 2.75) is 26.9 Å². The number of nitrogens with zero attached hydrogens (tertiary/aromatic N) is 3. The van der Waals surface area contributed by atoms with Crippen LogP contribution in [0.4, 0.5) is 16.3 Å². The lowest BCUT2D eigenvalue weighted by molar-refractivity contribution is -0.118. The predicted octanol–water partition coefficient (Wildman–Crippen LogP) is 3.53. The Hall–Kier alpha value is -3.09. The fraction of sp³-hybridized carbons (Fsp3) is 0.409. The number of nitrogens with one attached hydrogen (secondary N) is 1. The molecule has 0 bridgehead atoms. The molecule has 1 N–H and O–H groups in total. The van der Waals surface area contributed by atoms with E-state index in [9.17, 15) is 9.59 Å². The minimum atomic E-state index is -0.282. The van der Waals surface area contributed by atoms with Gasteiger partial charge in [-0.2, -0.15) is 0 Å². The second-order valence-corrected chi connectivity index (χ2v) is 7.42. The molecule has 154 valence electrons. The summed E-state index contributed by atoms with van der Waals surface area (Å²) in [5, 5.41) is 2.84. The molecule has 0 aliphatic carbocycles. The smallest absolute Gasteiger partial charge is 0.410 e. The van der Waals surface area contributed by atoms with Crippen molar-refractivity contribution >= 4 is 23.5 Å². The topological polar surface area (TPSA) is 74.8 Å². The van der Waals surface area contributed by atoms with Crippen molar-refractivity contribution in [3.63, 3.8) is 0 Å². The van der Waals surface area contributed by atoms with Crippen LogP contribution in [-0.2, 0) is 16.1 Å². The van der Waals surface area contributed by atoms with E-state index in [1.807, 2.05) is 56.3 Å². The fourth-order valence-corrected chi connectivity index (χ4v) is 3.07. The molecule has 29 heavy (non-hydrogen) atoms. The molecule has 2 amide bonds. The average Bonchev–Trinajstić information content (AvgIpc) is 2.99. The van der Waals surface area contributed by atoms with Gasteiger partial charge in [0.2, 0.25) is 5.91 Å². The minimum absolute atomic E-state index is 0.0287. The summed E-state index contributed by atoms with van der Waals surface area (Å²) < 4.78 is 5.45. The van der Waals surface area contributed by atoms with Crippen LogP contribution in [0.15, 0.2) is 48.7 Å². The van der Waals surface area contributed by atoms with Crippen molar-refractivity contribution in [1.82, 2.24) is 9.88 Å². The van der Waals surface area contributed by atoms with Crippen LogP contribution in [0.3, 0.4) is 0 Å². The molecule has 0 saturated carbocycles. The van der Waals surface area contributed by atoms with E-state index in [0.717, 1.165) is 24.3 Å². The van der Waals surface area contributed by atoms with Gasteiger partial charge in [-0.3, -0.25) is 4.79 Å². The van der Waals surface area contributed by atoms with Gasteiger partial charge in [-0.1, -0.05) is 44.2 Å². The maximum atomic E-state index is 12.4. The van der Waals surface area contributed by atoms with Gasteiger partial charge in [-0.15, -0.1) is 0 Å². The molecule has 0 atom stereocenters. The molecule has 1 aromatic heterocycles. The molecule has 1 aromatic carbocycles. The number of ether oxygens (including phenoxy) is 1. The van der Waals surface area contributed by atoms with Gasteiger partial charge in [0.05, 0.1) is 11.9 Å². The molecular weight excluding hydrogens is 368 g/mol. The summed E-state index contributed by atoms with van der Waals surface area (Å²) in [6, 6.07) is 13.4. The lowest BCUT2D eigenvalue weighted by Gasteiger charge is -2.22. The number of carbonyl (C=O) groups is 2. The van der Waals surface area contributed by atoms with Crippen molar-refractivity contribution in [3.8, 4) is 0 Å². The van der Waals surface area contributed by atoms with E-state index in [1.165, 1.54) is 0 Å². The second-order valence-electron chi connectivity index (χ2n) is 7.42. The Morgan fingerprint density at radius 1 is 1.07 bits per heavy atom. The first kappa shape index (κ1) is 20.6. The van der Waals surface area contributed by atoms with E-state index in [2.05, 4.69) is 15.2 Å². The Balaban J connectivity index is 1.51. The lowest BCUT2D eigenvalue weighted by atomic mass is 10.2. The Labute approximate surface area is 171 Å². The van der Waals surface area contributed by atoms with Gasteiger partial charge < -0.3 is 19.9 Å². The summed E-state index contributed by atoms with van der Waals surface area (Å²) in [4.78, 5) is 32.6. The number of hydrogen-bond donors (Lipinski definition) is 1. The van der Waals surface area contributed by atoms with Crippen LogP contribution in [0.2, 0.25) is 0 Å². The third kappa shape index (κ3) is 5.94. The molecule has 7 heteroatoms. The molecule has 0 unspecified atom stereocenters. The van der Waals surface area contributed by atoms with Crippen molar-refractivity contribution in [3.05, 3.63) is 54.2 Å². The Morgan fingerprint density at radius 2 is 1.86 bits per heavy atom. The molecule has 3 rings (SSSR count). The van der Waals surface area contributed by atoms with Gasteiger partial charge in [0.25, 0.3) is 0 Å². The molecule has 2 heterocycles. The highest BCUT2D eigenvalue weighted by atomic mass is 16.6. The third-order valence-corrected chi connectivity index (χ3v) is 4.82. The number of amides is 2. The summed E-state index contributed by atoms with van der Waals surface area (Å²) >= 11 is 0. The first-order valence-electron chi connectivity index (χ1n) is 10.0. The molecule has 0 radical (unpaired) electrons. The van der Waals surface area contributed by atoms with Crippen LogP contribution in [-0.4, -0.2) is 48.1 Å². The Kier molecular flexibility index (Phi) is 7.05. The number of hydrogen-bond acceptors (Lipinski definition) is 5. The van der Waals surface area contributed by atoms with Crippen LogP contribution in [0.1, 0.15) is 25.8 Å². The zero-order chi connectivity index (χ0) is 20.6. The van der Waals surface area contributed by atoms with Gasteiger partial charge in [-0.25, -0.2) is 9.78 Å². The predicted molar refractivity (Wildman–Crippen MR) is 113 cm³/mol. The lowest BCUT2D eigenvalue weighted by Crippen LogP contribution is -2.35. The third-order valence-electron chi connectivity index (χ3n) is 4.82. The number of anilines is 2. The summed E-state index contributed by atoms with van der Waals surface area (Å²) in [6.45, 7) is 6.73. The van der Waals surface area contributed by atoms with Gasteiger partial charge in [0, 0.05) is 32.1 Å². The minimum Gasteiger partial charge on any atom is -0.445 e. The van der Waals surface area contributed by atoms with Crippen LogP contribution in [0.25, 0.3) is 0 Å². The molecule has 1 fully saturated rings. The van der Waals surface area contributed by atoms with Crippen molar-refractivity contribution in [2.75, 3.05) is 36.4 Å². The van der Waals surface area contributed by atoms with E-state index in [-0.39, 0.29) is 24.5 Å². The zero-order valence-corrected chi connectivity index (χ0v) is 17.0. The average molecular weight is 396 g/mol. The second kappa shape index (κ2) is 9.91. The van der Waals surface area contributed by atoms with E-state index in [0.29, 0.717) is 25.3 Å². The summed E-state index contributed by atoms with van der Waals surface area (Å²) in [5.74, 6) is 0.735.